The fourth-order valence-electron chi connectivity index (χ4n) is 6.21. The molecule has 4 aliphatic rings. The van der Waals surface area contributed by atoms with Crippen LogP contribution in [0.1, 0.15) is 52.5 Å². The molecule has 170 valence electrons. The van der Waals surface area contributed by atoms with E-state index in [0.29, 0.717) is 23.4 Å². The van der Waals surface area contributed by atoms with Gasteiger partial charge < -0.3 is 10.6 Å². The molecule has 1 aromatic rings. The van der Waals surface area contributed by atoms with Crippen LogP contribution in [-0.2, 0) is 16.1 Å². The summed E-state index contributed by atoms with van der Waals surface area (Å²) in [6, 6.07) is 7.62. The minimum Gasteiger partial charge on any atom is -0.350 e. The van der Waals surface area contributed by atoms with E-state index in [1.807, 2.05) is 24.3 Å². The van der Waals surface area contributed by atoms with Crippen LogP contribution >= 0.6 is 11.6 Å². The Labute approximate surface area is 191 Å². The molecule has 1 aliphatic carbocycles. The van der Waals surface area contributed by atoms with Gasteiger partial charge in [0, 0.05) is 36.0 Å². The van der Waals surface area contributed by atoms with Gasteiger partial charge in [0.15, 0.2) is 0 Å². The molecule has 5 nitrogen and oxygen atoms in total. The van der Waals surface area contributed by atoms with Crippen molar-refractivity contribution in [3.8, 4) is 0 Å². The Balaban J connectivity index is 1.61. The van der Waals surface area contributed by atoms with Gasteiger partial charge >= 0.3 is 0 Å². The van der Waals surface area contributed by atoms with Gasteiger partial charge in [-0.25, -0.2) is 0 Å². The van der Waals surface area contributed by atoms with Crippen LogP contribution in [0.15, 0.2) is 24.3 Å². The third-order valence-electron chi connectivity index (χ3n) is 7.57. The van der Waals surface area contributed by atoms with Crippen LogP contribution in [0.25, 0.3) is 0 Å². The highest BCUT2D eigenvalue weighted by Gasteiger charge is 2.70. The number of hydrogen-bond acceptors (Lipinski definition) is 3. The highest BCUT2D eigenvalue weighted by atomic mass is 35.5. The summed E-state index contributed by atoms with van der Waals surface area (Å²) >= 11 is 5.99. The Morgan fingerprint density at radius 2 is 1.94 bits per heavy atom. The number of rotatable bonds is 8. The number of carbonyl (C=O) groups excluding carboxylic acids is 2. The number of piperidine rings is 2. The molecule has 31 heavy (non-hydrogen) atoms. The summed E-state index contributed by atoms with van der Waals surface area (Å²) in [5.41, 5.74) is 0.196. The SMILES string of the molecule is CC(C)CCN1C[C@@H]2C[C@H]3C(=O)N[C@]2(C(=O)NCc2ccc(Cl)cc2)[C@@H]1[C@@H]3CC(C)C. The molecule has 2 amide bonds. The zero-order valence-corrected chi connectivity index (χ0v) is 19.9. The maximum Gasteiger partial charge on any atom is 0.248 e. The first-order valence-corrected chi connectivity index (χ1v) is 12.2. The largest absolute Gasteiger partial charge is 0.350 e. The Morgan fingerprint density at radius 1 is 1.23 bits per heavy atom. The maximum absolute atomic E-state index is 13.8. The van der Waals surface area contributed by atoms with Gasteiger partial charge in [-0.05, 0) is 61.3 Å². The van der Waals surface area contributed by atoms with Crippen molar-refractivity contribution in [2.24, 2.45) is 29.6 Å². The second-order valence-corrected chi connectivity index (χ2v) is 11.1. The number of benzene rings is 1. The molecule has 5 atom stereocenters. The summed E-state index contributed by atoms with van der Waals surface area (Å²) in [5.74, 6) is 1.62. The van der Waals surface area contributed by atoms with Crippen LogP contribution in [-0.4, -0.2) is 41.4 Å². The third kappa shape index (κ3) is 4.11. The lowest BCUT2D eigenvalue weighted by molar-refractivity contribution is -0.155. The molecule has 3 heterocycles. The first-order valence-electron chi connectivity index (χ1n) is 11.8. The number of likely N-dealkylation sites (tertiary alicyclic amines) is 1. The van der Waals surface area contributed by atoms with Crippen LogP contribution < -0.4 is 10.6 Å². The summed E-state index contributed by atoms with van der Waals surface area (Å²) in [6.45, 7) is 11.3. The molecule has 3 aliphatic heterocycles. The summed E-state index contributed by atoms with van der Waals surface area (Å²) in [4.78, 5) is 29.3. The van der Waals surface area contributed by atoms with E-state index in [2.05, 4.69) is 43.2 Å². The third-order valence-corrected chi connectivity index (χ3v) is 7.82. The van der Waals surface area contributed by atoms with Crippen LogP contribution in [0.5, 0.6) is 0 Å². The fourth-order valence-corrected chi connectivity index (χ4v) is 6.34. The summed E-state index contributed by atoms with van der Waals surface area (Å²) in [5, 5.41) is 7.09. The lowest BCUT2D eigenvalue weighted by atomic mass is 9.57. The zero-order chi connectivity index (χ0) is 22.3. The molecule has 6 heteroatoms. The van der Waals surface area contributed by atoms with Crippen LogP contribution in [0, 0.1) is 29.6 Å². The van der Waals surface area contributed by atoms with Crippen molar-refractivity contribution in [3.05, 3.63) is 34.9 Å². The van der Waals surface area contributed by atoms with E-state index in [-0.39, 0.29) is 35.6 Å². The molecule has 3 saturated heterocycles. The lowest BCUT2D eigenvalue weighted by Crippen LogP contribution is -2.77. The number of hydrogen-bond donors (Lipinski definition) is 2. The second-order valence-electron chi connectivity index (χ2n) is 10.6. The quantitative estimate of drug-likeness (QED) is 0.638. The van der Waals surface area contributed by atoms with Crippen molar-refractivity contribution in [2.75, 3.05) is 13.1 Å². The normalized spacial score (nSPS) is 32.0. The van der Waals surface area contributed by atoms with Gasteiger partial charge in [-0.1, -0.05) is 51.4 Å². The molecule has 1 saturated carbocycles. The van der Waals surface area contributed by atoms with Crippen molar-refractivity contribution in [1.82, 2.24) is 15.5 Å². The van der Waals surface area contributed by atoms with E-state index in [4.69, 9.17) is 11.6 Å². The van der Waals surface area contributed by atoms with Crippen LogP contribution in [0.4, 0.5) is 0 Å². The first kappa shape index (κ1) is 22.6. The number of nitrogens with one attached hydrogen (secondary N) is 2. The van der Waals surface area contributed by atoms with Crippen LogP contribution in [0.3, 0.4) is 0 Å². The monoisotopic (exact) mass is 445 g/mol. The highest BCUT2D eigenvalue weighted by molar-refractivity contribution is 6.30. The van der Waals surface area contributed by atoms with E-state index in [1.165, 1.54) is 0 Å². The molecule has 0 spiro atoms. The van der Waals surface area contributed by atoms with Crippen molar-refractivity contribution in [1.29, 1.82) is 0 Å². The number of fused-ring (bicyclic) bond motifs is 1. The van der Waals surface area contributed by atoms with E-state index >= 15 is 0 Å². The molecular formula is C25H36ClN3O2. The average Bonchev–Trinajstić information content (AvgIpc) is 2.94. The molecule has 0 aromatic heterocycles. The molecular weight excluding hydrogens is 410 g/mol. The minimum atomic E-state index is -0.811. The number of amides is 2. The summed E-state index contributed by atoms with van der Waals surface area (Å²) in [7, 11) is 0. The topological polar surface area (TPSA) is 61.4 Å². The number of carbonyl (C=O) groups is 2. The van der Waals surface area contributed by atoms with Crippen molar-refractivity contribution in [2.45, 2.75) is 65.1 Å². The number of nitrogens with zero attached hydrogens (tertiary/aromatic N) is 1. The van der Waals surface area contributed by atoms with Gasteiger partial charge in [-0.2, -0.15) is 0 Å². The maximum atomic E-state index is 13.8. The zero-order valence-electron chi connectivity index (χ0n) is 19.2. The molecule has 5 rings (SSSR count). The van der Waals surface area contributed by atoms with Gasteiger partial charge in [0.2, 0.25) is 11.8 Å². The van der Waals surface area contributed by atoms with Gasteiger partial charge in [0.25, 0.3) is 0 Å². The second kappa shape index (κ2) is 8.74. The Bertz CT molecular complexity index is 825. The molecule has 4 bridgehead atoms. The van der Waals surface area contributed by atoms with Gasteiger partial charge in [0.1, 0.15) is 5.54 Å². The summed E-state index contributed by atoms with van der Waals surface area (Å²) in [6.07, 6.45) is 2.92. The van der Waals surface area contributed by atoms with Crippen molar-refractivity contribution < 1.29 is 9.59 Å². The van der Waals surface area contributed by atoms with Gasteiger partial charge in [0.05, 0.1) is 0 Å². The lowest BCUT2D eigenvalue weighted by Gasteiger charge is -2.55. The molecule has 1 aromatic carbocycles. The predicted molar refractivity (Wildman–Crippen MR) is 124 cm³/mol. The minimum absolute atomic E-state index is 0.0234. The Kier molecular flexibility index (Phi) is 6.37. The Hall–Kier alpha value is -1.59. The van der Waals surface area contributed by atoms with E-state index in [1.54, 1.807) is 0 Å². The van der Waals surface area contributed by atoms with Crippen molar-refractivity contribution in [3.63, 3.8) is 0 Å². The Morgan fingerprint density at radius 3 is 2.58 bits per heavy atom. The smallest absolute Gasteiger partial charge is 0.248 e. The summed E-state index contributed by atoms with van der Waals surface area (Å²) < 4.78 is 0. The molecule has 0 unspecified atom stereocenters. The van der Waals surface area contributed by atoms with Crippen molar-refractivity contribution >= 4 is 23.4 Å². The number of halogens is 1. The van der Waals surface area contributed by atoms with E-state index in [9.17, 15) is 9.59 Å². The van der Waals surface area contributed by atoms with Gasteiger partial charge in [-0.15, -0.1) is 0 Å². The predicted octanol–water partition coefficient (Wildman–Crippen LogP) is 3.85. The fraction of sp³-hybridized carbons (Fsp3) is 0.680. The molecule has 2 N–H and O–H groups in total. The van der Waals surface area contributed by atoms with E-state index < -0.39 is 5.54 Å². The molecule has 0 radical (unpaired) electrons. The van der Waals surface area contributed by atoms with E-state index in [0.717, 1.165) is 37.9 Å². The standard InChI is InChI=1S/C25H36ClN3O2/c1-15(2)9-10-29-14-18-12-21-20(11-16(3)4)22(29)25(18,28-23(21)30)24(31)27-13-17-5-7-19(26)8-6-17/h5-8,15-16,18,20-22H,9-14H2,1-4H3,(H,27,31)(H,28,30)/t18-,20+,21+,22-,25-/m0/s1. The average molecular weight is 446 g/mol. The van der Waals surface area contributed by atoms with Crippen LogP contribution in [0.2, 0.25) is 5.02 Å². The first-order chi connectivity index (χ1) is 14.7. The highest BCUT2D eigenvalue weighted by Crippen LogP contribution is 2.54. The molecule has 4 fully saturated rings. The van der Waals surface area contributed by atoms with Gasteiger partial charge in [-0.3, -0.25) is 14.5 Å².